The van der Waals surface area contributed by atoms with Crippen LogP contribution < -0.4 is 18.9 Å². The van der Waals surface area contributed by atoms with Crippen LogP contribution in [0.4, 0.5) is 0 Å². The summed E-state index contributed by atoms with van der Waals surface area (Å²) in [4.78, 5) is 47.0. The first-order valence-electron chi connectivity index (χ1n) is 11.0. The monoisotopic (exact) mass is 518 g/mol. The van der Waals surface area contributed by atoms with Gasteiger partial charge in [0.05, 0.1) is 11.1 Å². The molecule has 0 radical (unpaired) electrons. The predicted molar refractivity (Wildman–Crippen MR) is 133 cm³/mol. The Balaban J connectivity index is 1.52. The van der Waals surface area contributed by atoms with E-state index in [9.17, 15) is 19.2 Å². The largest absolute Gasteiger partial charge is 0.457 e. The molecule has 0 saturated heterocycles. The number of carbonyl (C=O) groups excluding carboxylic acids is 4. The quantitative estimate of drug-likeness (QED) is 0.149. The van der Waals surface area contributed by atoms with Gasteiger partial charge < -0.3 is 28.4 Å². The molecule has 0 fully saturated rings. The lowest BCUT2D eigenvalue weighted by molar-refractivity contribution is -0.145. The van der Waals surface area contributed by atoms with Gasteiger partial charge in [0, 0.05) is 18.2 Å². The molecule has 10 heteroatoms. The zero-order valence-electron chi connectivity index (χ0n) is 20.0. The summed E-state index contributed by atoms with van der Waals surface area (Å²) < 4.78 is 30.6. The van der Waals surface area contributed by atoms with E-state index in [1.165, 1.54) is 66.7 Å². The minimum atomic E-state index is -0.646. The Bertz CT molecular complexity index is 1210. The van der Waals surface area contributed by atoms with Crippen molar-refractivity contribution in [1.29, 1.82) is 0 Å². The van der Waals surface area contributed by atoms with Gasteiger partial charge in [-0.1, -0.05) is 19.2 Å². The van der Waals surface area contributed by atoms with Crippen molar-refractivity contribution in [2.45, 2.75) is 0 Å². The van der Waals surface area contributed by atoms with Crippen LogP contribution in [0.15, 0.2) is 98.1 Å². The second kappa shape index (κ2) is 13.6. The van der Waals surface area contributed by atoms with E-state index >= 15 is 0 Å². The summed E-state index contributed by atoms with van der Waals surface area (Å²) in [6.07, 6.45) is 2.03. The molecule has 0 spiro atoms. The van der Waals surface area contributed by atoms with Gasteiger partial charge >= 0.3 is 23.9 Å². The molecule has 0 aliphatic heterocycles. The van der Waals surface area contributed by atoms with E-state index in [0.717, 1.165) is 12.2 Å². The van der Waals surface area contributed by atoms with Crippen LogP contribution in [0.2, 0.25) is 0 Å². The van der Waals surface area contributed by atoms with Gasteiger partial charge in [-0.15, -0.1) is 0 Å². The van der Waals surface area contributed by atoms with Gasteiger partial charge in [-0.2, -0.15) is 0 Å². The Morgan fingerprint density at radius 1 is 0.579 bits per heavy atom. The van der Waals surface area contributed by atoms with Crippen molar-refractivity contribution in [3.05, 3.63) is 109 Å². The maximum Gasteiger partial charge on any atom is 0.343 e. The zero-order chi connectivity index (χ0) is 27.3. The molecule has 0 aliphatic carbocycles. The first-order valence-corrected chi connectivity index (χ1v) is 11.0. The van der Waals surface area contributed by atoms with E-state index in [-0.39, 0.29) is 36.2 Å². The van der Waals surface area contributed by atoms with Crippen LogP contribution >= 0.6 is 0 Å². The second-order valence-electron chi connectivity index (χ2n) is 7.16. The predicted octanol–water partition coefficient (Wildman–Crippen LogP) is 4.26. The van der Waals surface area contributed by atoms with Crippen LogP contribution in [-0.2, 0) is 19.1 Å². The summed E-state index contributed by atoms with van der Waals surface area (Å²) in [5.74, 6) is -1.45. The van der Waals surface area contributed by atoms with Crippen molar-refractivity contribution in [1.82, 2.24) is 0 Å². The van der Waals surface area contributed by atoms with Gasteiger partial charge in [0.1, 0.15) is 23.0 Å². The Labute approximate surface area is 217 Å². The molecule has 194 valence electrons. The number of ether oxygens (including phenoxy) is 6. The fourth-order valence-corrected chi connectivity index (χ4v) is 2.74. The SMILES string of the molecule is C=CC(=O)OCOc1ccc(C(=O)Oc2cccc(OC(=O)c3ccc(OCOC(=O)C=C)cc3)c2)cc1. The first kappa shape index (κ1) is 27.2. The number of benzene rings is 3. The highest BCUT2D eigenvalue weighted by molar-refractivity contribution is 5.92. The Hall–Kier alpha value is -5.38. The third-order valence-corrected chi connectivity index (χ3v) is 4.59. The van der Waals surface area contributed by atoms with Crippen molar-refractivity contribution in [3.63, 3.8) is 0 Å². The molecule has 0 heterocycles. The minimum Gasteiger partial charge on any atom is -0.457 e. The molecule has 10 nitrogen and oxygen atoms in total. The highest BCUT2D eigenvalue weighted by Gasteiger charge is 2.13. The molecule has 0 aliphatic rings. The maximum absolute atomic E-state index is 12.5. The van der Waals surface area contributed by atoms with Crippen LogP contribution in [0.3, 0.4) is 0 Å². The minimum absolute atomic E-state index is 0.162. The number of esters is 4. The van der Waals surface area contributed by atoms with Crippen molar-refractivity contribution >= 4 is 23.9 Å². The van der Waals surface area contributed by atoms with Crippen molar-refractivity contribution in [2.75, 3.05) is 13.6 Å². The lowest BCUT2D eigenvalue weighted by Gasteiger charge is -2.09. The van der Waals surface area contributed by atoms with Gasteiger partial charge in [0.15, 0.2) is 0 Å². The molecule has 0 aromatic heterocycles. The summed E-state index contributed by atoms with van der Waals surface area (Å²) in [5, 5.41) is 0. The molecular weight excluding hydrogens is 496 g/mol. The fourth-order valence-electron chi connectivity index (χ4n) is 2.74. The average Bonchev–Trinajstić information content (AvgIpc) is 2.93. The molecule has 38 heavy (non-hydrogen) atoms. The van der Waals surface area contributed by atoms with E-state index in [1.807, 2.05) is 0 Å². The van der Waals surface area contributed by atoms with Crippen molar-refractivity contribution in [2.24, 2.45) is 0 Å². The Morgan fingerprint density at radius 3 is 1.34 bits per heavy atom. The van der Waals surface area contributed by atoms with Crippen LogP contribution in [0.5, 0.6) is 23.0 Å². The molecule has 0 amide bonds. The van der Waals surface area contributed by atoms with Gasteiger partial charge in [-0.25, -0.2) is 19.2 Å². The van der Waals surface area contributed by atoms with Crippen LogP contribution in [0.1, 0.15) is 20.7 Å². The van der Waals surface area contributed by atoms with Crippen LogP contribution in [0.25, 0.3) is 0 Å². The summed E-state index contributed by atoms with van der Waals surface area (Å²) in [6.45, 7) is 5.96. The zero-order valence-corrected chi connectivity index (χ0v) is 20.0. The molecule has 0 atom stereocenters. The molecule has 3 aromatic rings. The third-order valence-electron chi connectivity index (χ3n) is 4.59. The number of hydrogen-bond donors (Lipinski definition) is 0. The Morgan fingerprint density at radius 2 is 0.974 bits per heavy atom. The summed E-state index contributed by atoms with van der Waals surface area (Å²) in [5.41, 5.74) is 0.480. The van der Waals surface area contributed by atoms with E-state index in [2.05, 4.69) is 13.2 Å². The average molecular weight is 518 g/mol. The van der Waals surface area contributed by atoms with Gasteiger partial charge in [0.2, 0.25) is 13.6 Å². The summed E-state index contributed by atoms with van der Waals surface area (Å²) in [7, 11) is 0. The van der Waals surface area contributed by atoms with Crippen LogP contribution in [0, 0.1) is 0 Å². The smallest absolute Gasteiger partial charge is 0.343 e. The van der Waals surface area contributed by atoms with E-state index in [0.29, 0.717) is 11.5 Å². The number of carbonyl (C=O) groups is 4. The fraction of sp³-hybridized carbons (Fsp3) is 0.0714. The van der Waals surface area contributed by atoms with E-state index in [4.69, 9.17) is 28.4 Å². The number of hydrogen-bond acceptors (Lipinski definition) is 10. The highest BCUT2D eigenvalue weighted by atomic mass is 16.7. The second-order valence-corrected chi connectivity index (χ2v) is 7.16. The third kappa shape index (κ3) is 8.38. The summed E-state index contributed by atoms with van der Waals surface area (Å²) in [6, 6.07) is 18.0. The molecule has 0 bridgehead atoms. The molecule has 3 aromatic carbocycles. The standard InChI is InChI=1S/C28H22O10/c1-3-25(29)35-17-33-21-12-8-19(9-13-21)27(31)37-23-6-5-7-24(16-23)38-28(32)20-10-14-22(15-11-20)34-18-36-26(30)4-2/h3-16H,1-2,17-18H2. The first-order chi connectivity index (χ1) is 18.4. The van der Waals surface area contributed by atoms with Crippen molar-refractivity contribution in [3.8, 4) is 23.0 Å². The van der Waals surface area contributed by atoms with E-state index < -0.39 is 23.9 Å². The highest BCUT2D eigenvalue weighted by Crippen LogP contribution is 2.23. The lowest BCUT2D eigenvalue weighted by Crippen LogP contribution is -2.11. The maximum atomic E-state index is 12.5. The van der Waals surface area contributed by atoms with Crippen LogP contribution in [-0.4, -0.2) is 37.5 Å². The molecule has 3 rings (SSSR count). The molecule has 0 unspecified atom stereocenters. The van der Waals surface area contributed by atoms with Gasteiger partial charge in [-0.3, -0.25) is 0 Å². The molecular formula is C28H22O10. The molecule has 0 saturated carbocycles. The van der Waals surface area contributed by atoms with E-state index in [1.54, 1.807) is 6.07 Å². The van der Waals surface area contributed by atoms with Crippen molar-refractivity contribution < 1.29 is 47.6 Å². The lowest BCUT2D eigenvalue weighted by atomic mass is 10.2. The van der Waals surface area contributed by atoms with Gasteiger partial charge in [-0.05, 0) is 60.7 Å². The van der Waals surface area contributed by atoms with Gasteiger partial charge in [0.25, 0.3) is 0 Å². The normalized spacial score (nSPS) is 9.89. The topological polar surface area (TPSA) is 124 Å². The molecule has 0 N–H and O–H groups in total. The summed E-state index contributed by atoms with van der Waals surface area (Å²) >= 11 is 0. The number of rotatable bonds is 12. The Kier molecular flexibility index (Phi) is 9.77.